The predicted molar refractivity (Wildman–Crippen MR) is 78.6 cm³/mol. The van der Waals surface area contributed by atoms with E-state index in [1.54, 1.807) is 24.1 Å². The van der Waals surface area contributed by atoms with Crippen LogP contribution in [0.5, 0.6) is 0 Å². The molecule has 0 atom stereocenters. The molecule has 0 aliphatic heterocycles. The molecule has 1 aromatic carbocycles. The molecule has 0 aliphatic carbocycles. The molecule has 2 rings (SSSR count). The van der Waals surface area contributed by atoms with Gasteiger partial charge in [-0.2, -0.15) is 0 Å². The van der Waals surface area contributed by atoms with Crippen molar-refractivity contribution in [2.45, 2.75) is 13.0 Å². The van der Waals surface area contributed by atoms with Crippen LogP contribution < -0.4 is 5.32 Å². The Balaban J connectivity index is 1.73. The molecule has 0 saturated heterocycles. The van der Waals surface area contributed by atoms with Crippen LogP contribution in [0, 0.1) is 0 Å². The number of amides is 2. The van der Waals surface area contributed by atoms with E-state index in [0.29, 0.717) is 6.54 Å². The minimum atomic E-state index is -0.307. The summed E-state index contributed by atoms with van der Waals surface area (Å²) in [6, 6.07) is 13.0. The molecular weight excluding hydrogens is 268 g/mol. The second-order valence-electron chi connectivity index (χ2n) is 4.72. The molecule has 5 nitrogen and oxygen atoms in total. The number of rotatable bonds is 6. The number of carbonyl (C=O) groups is 2. The van der Waals surface area contributed by atoms with Crippen molar-refractivity contribution in [3.63, 3.8) is 0 Å². The minimum absolute atomic E-state index is 0.0152. The molecule has 0 radical (unpaired) electrons. The van der Waals surface area contributed by atoms with E-state index in [2.05, 4.69) is 5.32 Å². The van der Waals surface area contributed by atoms with Gasteiger partial charge < -0.3 is 14.6 Å². The third-order valence-corrected chi connectivity index (χ3v) is 3.06. The molecule has 0 bridgehead atoms. The van der Waals surface area contributed by atoms with Crippen molar-refractivity contribution in [3.05, 3.63) is 60.1 Å². The molecule has 0 fully saturated rings. The second kappa shape index (κ2) is 7.28. The van der Waals surface area contributed by atoms with Crippen molar-refractivity contribution < 1.29 is 14.0 Å². The summed E-state index contributed by atoms with van der Waals surface area (Å²) in [5.74, 6) is -0.0720. The smallest absolute Gasteiger partial charge is 0.286 e. The van der Waals surface area contributed by atoms with E-state index in [1.165, 1.54) is 6.26 Å². The lowest BCUT2D eigenvalue weighted by Gasteiger charge is -2.17. The van der Waals surface area contributed by atoms with Crippen LogP contribution in [0.15, 0.2) is 53.1 Å². The van der Waals surface area contributed by atoms with E-state index in [-0.39, 0.29) is 30.5 Å². The first kappa shape index (κ1) is 14.8. The third kappa shape index (κ3) is 4.49. The largest absolute Gasteiger partial charge is 0.459 e. The van der Waals surface area contributed by atoms with Gasteiger partial charge in [-0.25, -0.2) is 0 Å². The van der Waals surface area contributed by atoms with Crippen molar-refractivity contribution in [2.24, 2.45) is 0 Å². The Hall–Kier alpha value is -2.56. The zero-order valence-electron chi connectivity index (χ0n) is 11.9. The van der Waals surface area contributed by atoms with Gasteiger partial charge in [0.1, 0.15) is 0 Å². The Morgan fingerprint density at radius 2 is 1.90 bits per heavy atom. The number of nitrogens with one attached hydrogen (secondary N) is 1. The number of nitrogens with zero attached hydrogens (tertiary/aromatic N) is 1. The van der Waals surface area contributed by atoms with Gasteiger partial charge >= 0.3 is 0 Å². The van der Waals surface area contributed by atoms with Gasteiger partial charge in [-0.3, -0.25) is 9.59 Å². The highest BCUT2D eigenvalue weighted by molar-refractivity contribution is 5.91. The maximum atomic E-state index is 12.0. The van der Waals surface area contributed by atoms with Crippen molar-refractivity contribution in [2.75, 3.05) is 13.6 Å². The standard InChI is InChI=1S/C16H18N2O3/c1-18(12-13-6-3-2-4-7-13)15(19)9-10-17-16(20)14-8-5-11-21-14/h2-8,11H,9-10,12H2,1H3,(H,17,20). The van der Waals surface area contributed by atoms with Crippen LogP contribution in [0.25, 0.3) is 0 Å². The van der Waals surface area contributed by atoms with Gasteiger partial charge in [-0.05, 0) is 17.7 Å². The normalized spacial score (nSPS) is 10.1. The molecule has 1 heterocycles. The van der Waals surface area contributed by atoms with E-state index in [9.17, 15) is 9.59 Å². The topological polar surface area (TPSA) is 62.6 Å². The summed E-state index contributed by atoms with van der Waals surface area (Å²) in [4.78, 5) is 25.2. The Kier molecular flexibility index (Phi) is 5.15. The number of hydrogen-bond acceptors (Lipinski definition) is 3. The molecule has 0 unspecified atom stereocenters. The van der Waals surface area contributed by atoms with Gasteiger partial charge in [0.15, 0.2) is 5.76 Å². The maximum Gasteiger partial charge on any atom is 0.286 e. The molecule has 21 heavy (non-hydrogen) atoms. The fraction of sp³-hybridized carbons (Fsp3) is 0.250. The van der Waals surface area contributed by atoms with Crippen LogP contribution in [-0.2, 0) is 11.3 Å². The Morgan fingerprint density at radius 3 is 2.57 bits per heavy atom. The number of furan rings is 1. The number of hydrogen-bond donors (Lipinski definition) is 1. The summed E-state index contributed by atoms with van der Waals surface area (Å²) in [7, 11) is 1.75. The van der Waals surface area contributed by atoms with Crippen LogP contribution in [0.4, 0.5) is 0 Å². The number of benzene rings is 1. The SMILES string of the molecule is CN(Cc1ccccc1)C(=O)CCNC(=O)c1ccco1. The Labute approximate surface area is 123 Å². The van der Waals surface area contributed by atoms with E-state index >= 15 is 0 Å². The van der Waals surface area contributed by atoms with Gasteiger partial charge in [0.25, 0.3) is 5.91 Å². The average molecular weight is 286 g/mol. The quantitative estimate of drug-likeness (QED) is 0.884. The first-order chi connectivity index (χ1) is 10.2. The first-order valence-electron chi connectivity index (χ1n) is 6.76. The van der Waals surface area contributed by atoms with Gasteiger partial charge in [0.05, 0.1) is 6.26 Å². The third-order valence-electron chi connectivity index (χ3n) is 3.06. The lowest BCUT2D eigenvalue weighted by molar-refractivity contribution is -0.130. The highest BCUT2D eigenvalue weighted by Crippen LogP contribution is 2.04. The van der Waals surface area contributed by atoms with E-state index in [1.807, 2.05) is 30.3 Å². The van der Waals surface area contributed by atoms with Crippen LogP contribution >= 0.6 is 0 Å². The van der Waals surface area contributed by atoms with Crippen molar-refractivity contribution in [1.29, 1.82) is 0 Å². The Morgan fingerprint density at radius 1 is 1.14 bits per heavy atom. The highest BCUT2D eigenvalue weighted by atomic mass is 16.3. The van der Waals surface area contributed by atoms with Gasteiger partial charge in [0, 0.05) is 26.6 Å². The summed E-state index contributed by atoms with van der Waals surface area (Å²) in [6.07, 6.45) is 1.70. The zero-order valence-corrected chi connectivity index (χ0v) is 11.9. The van der Waals surface area contributed by atoms with E-state index < -0.39 is 0 Å². The van der Waals surface area contributed by atoms with Gasteiger partial charge in [0.2, 0.25) is 5.91 Å². The average Bonchev–Trinajstić information content (AvgIpc) is 3.02. The molecule has 110 valence electrons. The molecule has 1 aromatic heterocycles. The lowest BCUT2D eigenvalue weighted by atomic mass is 10.2. The predicted octanol–water partition coefficient (Wildman–Crippen LogP) is 2.06. The summed E-state index contributed by atoms with van der Waals surface area (Å²) >= 11 is 0. The molecule has 1 N–H and O–H groups in total. The monoisotopic (exact) mass is 286 g/mol. The summed E-state index contributed by atoms with van der Waals surface area (Å²) in [6.45, 7) is 0.850. The molecule has 5 heteroatoms. The molecule has 2 aromatic rings. The molecular formula is C16H18N2O3. The first-order valence-corrected chi connectivity index (χ1v) is 6.76. The summed E-state index contributed by atoms with van der Waals surface area (Å²) in [5, 5.41) is 2.65. The number of carbonyl (C=O) groups excluding carboxylic acids is 2. The summed E-state index contributed by atoms with van der Waals surface area (Å²) < 4.78 is 4.97. The van der Waals surface area contributed by atoms with Crippen molar-refractivity contribution in [1.82, 2.24) is 10.2 Å². The fourth-order valence-corrected chi connectivity index (χ4v) is 1.91. The van der Waals surface area contributed by atoms with Crippen LogP contribution in [0.2, 0.25) is 0 Å². The zero-order chi connectivity index (χ0) is 15.1. The molecule has 2 amide bonds. The van der Waals surface area contributed by atoms with Gasteiger partial charge in [-0.15, -0.1) is 0 Å². The molecule has 0 spiro atoms. The van der Waals surface area contributed by atoms with Crippen molar-refractivity contribution in [3.8, 4) is 0 Å². The van der Waals surface area contributed by atoms with Crippen LogP contribution in [0.1, 0.15) is 22.5 Å². The van der Waals surface area contributed by atoms with E-state index in [0.717, 1.165) is 5.56 Å². The van der Waals surface area contributed by atoms with Crippen molar-refractivity contribution >= 4 is 11.8 Å². The van der Waals surface area contributed by atoms with Crippen LogP contribution in [0.3, 0.4) is 0 Å². The van der Waals surface area contributed by atoms with Crippen LogP contribution in [-0.4, -0.2) is 30.3 Å². The van der Waals surface area contributed by atoms with E-state index in [4.69, 9.17) is 4.42 Å². The summed E-state index contributed by atoms with van der Waals surface area (Å²) in [5.41, 5.74) is 1.08. The second-order valence-corrected chi connectivity index (χ2v) is 4.72. The fourth-order valence-electron chi connectivity index (χ4n) is 1.91. The maximum absolute atomic E-state index is 12.0. The molecule has 0 aliphatic rings. The minimum Gasteiger partial charge on any atom is -0.459 e. The molecule has 0 saturated carbocycles. The Bertz CT molecular complexity index is 579. The lowest BCUT2D eigenvalue weighted by Crippen LogP contribution is -2.31. The van der Waals surface area contributed by atoms with Gasteiger partial charge in [-0.1, -0.05) is 30.3 Å². The highest BCUT2D eigenvalue weighted by Gasteiger charge is 2.11.